The Morgan fingerprint density at radius 3 is 3.00 bits per heavy atom. The molecule has 0 radical (unpaired) electrons. The Labute approximate surface area is 86.2 Å². The second-order valence-electron chi connectivity index (χ2n) is 3.98. The van der Waals surface area contributed by atoms with Crippen molar-refractivity contribution in [3.05, 3.63) is 27.4 Å². The van der Waals surface area contributed by atoms with Crippen LogP contribution < -0.4 is 5.56 Å². The average Bonchev–Trinajstić information content (AvgIpc) is 2.59. The summed E-state index contributed by atoms with van der Waals surface area (Å²) < 4.78 is 1.78. The Balaban J connectivity index is 2.43. The molecule has 2 aromatic rings. The largest absolute Gasteiger partial charge is 0.291 e. The van der Waals surface area contributed by atoms with Crippen molar-refractivity contribution in [1.82, 2.24) is 19.6 Å². The number of nitrogens with zero attached hydrogens (tertiary/aromatic N) is 3. The smallest absolute Gasteiger partial charge is 0.255 e. The quantitative estimate of drug-likeness (QED) is 0.683. The molecule has 3 rings (SSSR count). The molecule has 0 saturated heterocycles. The van der Waals surface area contributed by atoms with Gasteiger partial charge in [-0.1, -0.05) is 0 Å². The van der Waals surface area contributed by atoms with Crippen LogP contribution in [0.25, 0.3) is 5.78 Å². The van der Waals surface area contributed by atoms with Crippen LogP contribution in [-0.4, -0.2) is 19.6 Å². The summed E-state index contributed by atoms with van der Waals surface area (Å²) in [5, 5.41) is 4.30. The predicted octanol–water partition coefficient (Wildman–Crippen LogP) is 0.605. The van der Waals surface area contributed by atoms with Crippen molar-refractivity contribution in [2.45, 2.75) is 32.6 Å². The van der Waals surface area contributed by atoms with Crippen LogP contribution in [0.15, 0.2) is 4.79 Å². The molecular formula is C10H12N4O. The molecule has 0 amide bonds. The summed E-state index contributed by atoms with van der Waals surface area (Å²) in [6.07, 6.45) is 4.01. The number of fused-ring (bicyclic) bond motifs is 3. The molecule has 0 aliphatic heterocycles. The Kier molecular flexibility index (Phi) is 1.68. The number of hydrogen-bond acceptors (Lipinski definition) is 3. The minimum Gasteiger partial charge on any atom is -0.291 e. The van der Waals surface area contributed by atoms with Gasteiger partial charge in [-0.3, -0.25) is 9.78 Å². The van der Waals surface area contributed by atoms with E-state index in [1.165, 1.54) is 0 Å². The monoisotopic (exact) mass is 204 g/mol. The van der Waals surface area contributed by atoms with Crippen LogP contribution in [-0.2, 0) is 12.8 Å². The van der Waals surface area contributed by atoms with Gasteiger partial charge in [-0.15, -0.1) is 0 Å². The van der Waals surface area contributed by atoms with Gasteiger partial charge < -0.3 is 0 Å². The SMILES string of the molecule is Cc1nc2[nH]c(=O)c3c(n2n1)CCCC3. The maximum Gasteiger partial charge on any atom is 0.255 e. The lowest BCUT2D eigenvalue weighted by atomic mass is 9.97. The lowest BCUT2D eigenvalue weighted by Gasteiger charge is -2.14. The van der Waals surface area contributed by atoms with Crippen LogP contribution in [0.5, 0.6) is 0 Å². The first kappa shape index (κ1) is 8.64. The van der Waals surface area contributed by atoms with Gasteiger partial charge in [0.2, 0.25) is 5.78 Å². The van der Waals surface area contributed by atoms with Crippen LogP contribution in [0.2, 0.25) is 0 Å². The Morgan fingerprint density at radius 1 is 1.33 bits per heavy atom. The van der Waals surface area contributed by atoms with Crippen LogP contribution in [0.4, 0.5) is 0 Å². The molecule has 0 atom stereocenters. The van der Waals surface area contributed by atoms with Crippen LogP contribution in [0.3, 0.4) is 0 Å². The summed E-state index contributed by atoms with van der Waals surface area (Å²) in [6, 6.07) is 0. The molecule has 2 aromatic heterocycles. The Morgan fingerprint density at radius 2 is 2.13 bits per heavy atom. The standard InChI is InChI=1S/C10H12N4O/c1-6-11-10-12-9(15)7-4-2-3-5-8(7)14(10)13-6/h2-5H2,1H3,(H,11,12,13,15). The van der Waals surface area contributed by atoms with Crippen LogP contribution in [0, 0.1) is 6.92 Å². The highest BCUT2D eigenvalue weighted by molar-refractivity contribution is 5.34. The van der Waals surface area contributed by atoms with Gasteiger partial charge in [0.1, 0.15) is 5.82 Å². The van der Waals surface area contributed by atoms with E-state index in [-0.39, 0.29) is 5.56 Å². The minimum absolute atomic E-state index is 0.00426. The third-order valence-electron chi connectivity index (χ3n) is 2.91. The second-order valence-corrected chi connectivity index (χ2v) is 3.98. The molecule has 0 spiro atoms. The molecule has 0 saturated carbocycles. The molecule has 15 heavy (non-hydrogen) atoms. The number of rotatable bonds is 0. The van der Waals surface area contributed by atoms with Crippen molar-refractivity contribution in [2.24, 2.45) is 0 Å². The minimum atomic E-state index is 0.00426. The topological polar surface area (TPSA) is 63.0 Å². The number of aromatic nitrogens is 4. The Hall–Kier alpha value is -1.65. The van der Waals surface area contributed by atoms with Gasteiger partial charge in [-0.05, 0) is 32.6 Å². The lowest BCUT2D eigenvalue weighted by Crippen LogP contribution is -2.23. The highest BCUT2D eigenvalue weighted by Gasteiger charge is 2.17. The van der Waals surface area contributed by atoms with Gasteiger partial charge in [0.05, 0.1) is 5.69 Å². The third-order valence-corrected chi connectivity index (χ3v) is 2.91. The number of nitrogens with one attached hydrogen (secondary N) is 1. The molecule has 0 bridgehead atoms. The number of H-pyrrole nitrogens is 1. The molecule has 5 heteroatoms. The summed E-state index contributed by atoms with van der Waals surface area (Å²) in [7, 11) is 0. The van der Waals surface area contributed by atoms with Gasteiger partial charge in [0.25, 0.3) is 5.56 Å². The maximum atomic E-state index is 11.8. The van der Waals surface area contributed by atoms with Crippen LogP contribution >= 0.6 is 0 Å². The summed E-state index contributed by atoms with van der Waals surface area (Å²) >= 11 is 0. The van der Waals surface area contributed by atoms with Crippen molar-refractivity contribution in [1.29, 1.82) is 0 Å². The molecule has 2 heterocycles. The van der Waals surface area contributed by atoms with E-state index in [1.54, 1.807) is 4.52 Å². The third kappa shape index (κ3) is 1.19. The van der Waals surface area contributed by atoms with Crippen molar-refractivity contribution < 1.29 is 0 Å². The number of aromatic amines is 1. The fraction of sp³-hybridized carbons (Fsp3) is 0.500. The van der Waals surface area contributed by atoms with E-state index in [2.05, 4.69) is 15.1 Å². The lowest BCUT2D eigenvalue weighted by molar-refractivity contribution is 0.633. The molecule has 1 aliphatic rings. The van der Waals surface area contributed by atoms with E-state index in [4.69, 9.17) is 0 Å². The van der Waals surface area contributed by atoms with E-state index in [9.17, 15) is 4.79 Å². The zero-order chi connectivity index (χ0) is 10.4. The number of hydrogen-bond donors (Lipinski definition) is 1. The summed E-state index contributed by atoms with van der Waals surface area (Å²) in [4.78, 5) is 18.7. The zero-order valence-electron chi connectivity index (χ0n) is 8.58. The zero-order valence-corrected chi connectivity index (χ0v) is 8.58. The van der Waals surface area contributed by atoms with Gasteiger partial charge >= 0.3 is 0 Å². The number of aryl methyl sites for hydroxylation is 2. The van der Waals surface area contributed by atoms with Crippen molar-refractivity contribution >= 4 is 5.78 Å². The van der Waals surface area contributed by atoms with Gasteiger partial charge in [-0.25, -0.2) is 4.52 Å². The Bertz CT molecular complexity index is 581. The predicted molar refractivity (Wildman–Crippen MR) is 55.0 cm³/mol. The first-order chi connectivity index (χ1) is 7.25. The fourth-order valence-electron chi connectivity index (χ4n) is 2.23. The van der Waals surface area contributed by atoms with Gasteiger partial charge in [0, 0.05) is 5.56 Å². The average molecular weight is 204 g/mol. The van der Waals surface area contributed by atoms with E-state index in [0.29, 0.717) is 11.6 Å². The summed E-state index contributed by atoms with van der Waals surface area (Å²) in [5.74, 6) is 1.27. The first-order valence-electron chi connectivity index (χ1n) is 5.23. The van der Waals surface area contributed by atoms with Gasteiger partial charge in [-0.2, -0.15) is 10.1 Å². The van der Waals surface area contributed by atoms with Crippen molar-refractivity contribution in [3.8, 4) is 0 Å². The van der Waals surface area contributed by atoms with Gasteiger partial charge in [0.15, 0.2) is 0 Å². The molecule has 78 valence electrons. The normalized spacial score (nSPS) is 15.5. The van der Waals surface area contributed by atoms with E-state index in [1.807, 2.05) is 6.92 Å². The summed E-state index contributed by atoms with van der Waals surface area (Å²) in [5.41, 5.74) is 1.93. The van der Waals surface area contributed by atoms with E-state index in [0.717, 1.165) is 36.9 Å². The fourth-order valence-corrected chi connectivity index (χ4v) is 2.23. The van der Waals surface area contributed by atoms with Crippen molar-refractivity contribution in [2.75, 3.05) is 0 Å². The maximum absolute atomic E-state index is 11.8. The molecule has 0 unspecified atom stereocenters. The highest BCUT2D eigenvalue weighted by Crippen LogP contribution is 2.17. The van der Waals surface area contributed by atoms with Crippen LogP contribution in [0.1, 0.15) is 29.9 Å². The van der Waals surface area contributed by atoms with E-state index >= 15 is 0 Å². The molecule has 0 aromatic carbocycles. The molecule has 1 N–H and O–H groups in total. The first-order valence-corrected chi connectivity index (χ1v) is 5.23. The molecule has 1 aliphatic carbocycles. The second kappa shape index (κ2) is 2.92. The highest BCUT2D eigenvalue weighted by atomic mass is 16.1. The molecule has 5 nitrogen and oxygen atoms in total. The molecular weight excluding hydrogens is 192 g/mol. The van der Waals surface area contributed by atoms with E-state index < -0.39 is 0 Å². The molecule has 0 fully saturated rings. The van der Waals surface area contributed by atoms with Crippen molar-refractivity contribution in [3.63, 3.8) is 0 Å². The summed E-state index contributed by atoms with van der Waals surface area (Å²) in [6.45, 7) is 1.83.